The molecule has 0 aromatic carbocycles. The van der Waals surface area contributed by atoms with Crippen LogP contribution in [0.25, 0.3) is 11.2 Å². The summed E-state index contributed by atoms with van der Waals surface area (Å²) in [6, 6.07) is 0. The summed E-state index contributed by atoms with van der Waals surface area (Å²) in [6.07, 6.45) is 1.57. The lowest BCUT2D eigenvalue weighted by Crippen LogP contribution is -2.13. The van der Waals surface area contributed by atoms with Crippen LogP contribution in [0.1, 0.15) is 0 Å². The molecule has 2 heterocycles. The lowest BCUT2D eigenvalue weighted by Gasteiger charge is -1.97. The van der Waals surface area contributed by atoms with Gasteiger partial charge in [0, 0.05) is 0 Å². The summed E-state index contributed by atoms with van der Waals surface area (Å²) >= 11 is 0. The monoisotopic (exact) mass is 182 g/mol. The van der Waals surface area contributed by atoms with Gasteiger partial charge in [0.1, 0.15) is 0 Å². The van der Waals surface area contributed by atoms with Crippen molar-refractivity contribution in [1.82, 2.24) is 15.0 Å². The van der Waals surface area contributed by atoms with Crippen molar-refractivity contribution < 1.29 is 10.2 Å². The number of nitrogens with zero attached hydrogens (tertiary/aromatic N) is 2. The van der Waals surface area contributed by atoms with Gasteiger partial charge >= 0.3 is 11.6 Å². The fraction of sp³-hybridized carbons (Fsp3) is 0. The molecule has 0 bridgehead atoms. The number of aromatic amines is 2. The summed E-state index contributed by atoms with van der Waals surface area (Å²) in [5.74, 6) is 5.58. The highest BCUT2D eigenvalue weighted by Gasteiger charge is 2.14. The summed E-state index contributed by atoms with van der Waals surface area (Å²) in [4.78, 5) is 13.5. The number of rotatable bonds is 2. The molecule has 0 radical (unpaired) electrons. The Balaban J connectivity index is 2.70. The second-order valence-corrected chi connectivity index (χ2v) is 2.31. The van der Waals surface area contributed by atoms with Crippen molar-refractivity contribution in [3.8, 4) is 0 Å². The number of nitrogens with one attached hydrogen (secondary N) is 4. The Hall–Kier alpha value is -1.93. The highest BCUT2D eigenvalue weighted by Crippen LogP contribution is 2.14. The van der Waals surface area contributed by atoms with Crippen LogP contribution in [0.5, 0.6) is 0 Å². The molecule has 68 valence electrons. The number of hydrogen-bond donors (Lipinski definition) is 5. The van der Waals surface area contributed by atoms with E-state index in [0.29, 0.717) is 11.2 Å². The Morgan fingerprint density at radius 1 is 1.54 bits per heavy atom. The zero-order valence-electron chi connectivity index (χ0n) is 6.50. The van der Waals surface area contributed by atoms with Crippen LogP contribution in [0.3, 0.4) is 0 Å². The maximum Gasteiger partial charge on any atom is 0.316 e. The van der Waals surface area contributed by atoms with E-state index in [-0.39, 0.29) is 11.8 Å². The van der Waals surface area contributed by atoms with Crippen molar-refractivity contribution in [3.05, 3.63) is 6.33 Å². The van der Waals surface area contributed by atoms with Gasteiger partial charge in [0.05, 0.1) is 0 Å². The van der Waals surface area contributed by atoms with Gasteiger partial charge in [-0.25, -0.2) is 16.3 Å². The molecule has 2 aromatic heterocycles. The van der Waals surface area contributed by atoms with Gasteiger partial charge < -0.3 is 0 Å². The van der Waals surface area contributed by atoms with Crippen molar-refractivity contribution in [1.29, 1.82) is 0 Å². The van der Waals surface area contributed by atoms with Crippen molar-refractivity contribution in [2.45, 2.75) is 0 Å². The highest BCUT2D eigenvalue weighted by atomic mass is 16.5. The summed E-state index contributed by atoms with van der Waals surface area (Å²) in [5, 5.41) is 8.73. The molecule has 0 fully saturated rings. The van der Waals surface area contributed by atoms with Crippen molar-refractivity contribution >= 4 is 22.9 Å². The van der Waals surface area contributed by atoms with E-state index < -0.39 is 0 Å². The lowest BCUT2D eigenvalue weighted by molar-refractivity contribution is -0.347. The van der Waals surface area contributed by atoms with Gasteiger partial charge in [0.15, 0.2) is 6.33 Å². The molecule has 13 heavy (non-hydrogen) atoms. The van der Waals surface area contributed by atoms with E-state index >= 15 is 0 Å². The first kappa shape index (κ1) is 7.71. The van der Waals surface area contributed by atoms with E-state index in [0.717, 1.165) is 0 Å². The molecule has 0 saturated heterocycles. The van der Waals surface area contributed by atoms with E-state index in [2.05, 4.69) is 25.4 Å². The third-order valence-corrected chi connectivity index (χ3v) is 1.57. The van der Waals surface area contributed by atoms with Crippen LogP contribution >= 0.6 is 0 Å². The molecule has 0 aliphatic carbocycles. The Morgan fingerprint density at radius 3 is 3.08 bits per heavy atom. The lowest BCUT2D eigenvalue weighted by atomic mass is 10.5. The van der Waals surface area contributed by atoms with Gasteiger partial charge in [0.2, 0.25) is 11.3 Å². The van der Waals surface area contributed by atoms with E-state index in [1.165, 1.54) is 0 Å². The molecular formula is C5H8N7O+. The molecule has 2 aromatic rings. The second-order valence-electron chi connectivity index (χ2n) is 2.31. The SMILES string of the molecule is NNc1nc(NO)c2[nH]c[nH+]c2n1. The average Bonchev–Trinajstić information content (AvgIpc) is 2.63. The maximum atomic E-state index is 8.73. The maximum absolute atomic E-state index is 8.73. The van der Waals surface area contributed by atoms with Gasteiger partial charge in [-0.05, 0) is 0 Å². The third kappa shape index (κ3) is 1.13. The molecule has 0 aliphatic heterocycles. The van der Waals surface area contributed by atoms with Crippen LogP contribution in [0.4, 0.5) is 11.8 Å². The van der Waals surface area contributed by atoms with E-state index in [1.54, 1.807) is 6.33 Å². The summed E-state index contributed by atoms with van der Waals surface area (Å²) in [5.41, 5.74) is 5.32. The topological polar surface area (TPSA) is 126 Å². The van der Waals surface area contributed by atoms with Crippen LogP contribution in [0.15, 0.2) is 6.33 Å². The standard InChI is InChI=1S/C5H7N7O/c6-11-5-9-3-2(7-1-8-3)4(10-5)12-13/h1,13H,6H2,(H3,7,8,9,10,11,12)/p+1. The van der Waals surface area contributed by atoms with E-state index in [1.807, 2.05) is 5.48 Å². The minimum absolute atomic E-state index is 0.208. The predicted octanol–water partition coefficient (Wildman–Crippen LogP) is -1.14. The molecule has 0 aliphatic rings. The number of hydrogen-bond acceptors (Lipinski definition) is 6. The molecule has 0 amide bonds. The number of hydrazine groups is 1. The van der Waals surface area contributed by atoms with Crippen LogP contribution in [0.2, 0.25) is 0 Å². The Bertz CT molecular complexity index is 424. The summed E-state index contributed by atoms with van der Waals surface area (Å²) < 4.78 is 0. The second kappa shape index (κ2) is 2.84. The first-order chi connectivity index (χ1) is 6.35. The Labute approximate surface area is 72.1 Å². The zero-order valence-corrected chi connectivity index (χ0v) is 6.50. The van der Waals surface area contributed by atoms with Gasteiger partial charge in [-0.15, -0.1) is 0 Å². The van der Waals surface area contributed by atoms with Gasteiger partial charge in [-0.3, -0.25) is 15.6 Å². The molecule has 0 spiro atoms. The summed E-state index contributed by atoms with van der Waals surface area (Å²) in [7, 11) is 0. The van der Waals surface area contributed by atoms with Crippen LogP contribution in [-0.4, -0.2) is 20.2 Å². The highest BCUT2D eigenvalue weighted by molar-refractivity contribution is 5.80. The molecule has 0 saturated carbocycles. The summed E-state index contributed by atoms with van der Waals surface area (Å²) in [6.45, 7) is 0. The molecule has 0 unspecified atom stereocenters. The average molecular weight is 182 g/mol. The molecule has 0 atom stereocenters. The van der Waals surface area contributed by atoms with Crippen molar-refractivity contribution in [2.24, 2.45) is 5.84 Å². The number of fused-ring (bicyclic) bond motifs is 1. The number of aromatic nitrogens is 4. The quantitative estimate of drug-likeness (QED) is 0.295. The molecule has 7 N–H and O–H groups in total. The van der Waals surface area contributed by atoms with Crippen molar-refractivity contribution in [2.75, 3.05) is 10.9 Å². The Kier molecular flexibility index (Phi) is 1.69. The fourth-order valence-corrected chi connectivity index (χ4v) is 1.02. The first-order valence-electron chi connectivity index (χ1n) is 3.48. The molecule has 2 rings (SSSR count). The van der Waals surface area contributed by atoms with Crippen LogP contribution in [0, 0.1) is 0 Å². The molecule has 8 nitrogen and oxygen atoms in total. The smallest absolute Gasteiger partial charge is 0.290 e. The van der Waals surface area contributed by atoms with Gasteiger partial charge in [-0.2, -0.15) is 4.98 Å². The number of H-pyrrole nitrogens is 2. The zero-order chi connectivity index (χ0) is 9.26. The number of imidazole rings is 1. The van der Waals surface area contributed by atoms with Crippen LogP contribution in [-0.2, 0) is 0 Å². The number of nitrogen functional groups attached to an aromatic ring is 1. The largest absolute Gasteiger partial charge is 0.316 e. The van der Waals surface area contributed by atoms with Gasteiger partial charge in [0.25, 0.3) is 0 Å². The van der Waals surface area contributed by atoms with Gasteiger partial charge in [-0.1, -0.05) is 4.98 Å². The fourth-order valence-electron chi connectivity index (χ4n) is 1.02. The van der Waals surface area contributed by atoms with Crippen LogP contribution < -0.4 is 21.7 Å². The van der Waals surface area contributed by atoms with Crippen molar-refractivity contribution in [3.63, 3.8) is 0 Å². The minimum atomic E-state index is 0.208. The Morgan fingerprint density at radius 2 is 2.38 bits per heavy atom. The first-order valence-corrected chi connectivity index (χ1v) is 3.48. The van der Waals surface area contributed by atoms with E-state index in [4.69, 9.17) is 11.0 Å². The molecular weight excluding hydrogens is 174 g/mol. The minimum Gasteiger partial charge on any atom is -0.290 e. The van der Waals surface area contributed by atoms with E-state index in [9.17, 15) is 0 Å². The number of nitrogens with two attached hydrogens (primary N) is 1. The normalized spacial score (nSPS) is 10.3. The predicted molar refractivity (Wildman–Crippen MR) is 43.7 cm³/mol. The molecule has 8 heteroatoms. The third-order valence-electron chi connectivity index (χ3n) is 1.57. The number of anilines is 2.